The summed E-state index contributed by atoms with van der Waals surface area (Å²) in [5.41, 5.74) is 7.06. The van der Waals surface area contributed by atoms with Crippen LogP contribution in [0.15, 0.2) is 41.1 Å². The number of hydrogen-bond donors (Lipinski definition) is 1. The highest BCUT2D eigenvalue weighted by Crippen LogP contribution is 2.18. The molecule has 1 heterocycles. The predicted octanol–water partition coefficient (Wildman–Crippen LogP) is 2.66. The van der Waals surface area contributed by atoms with Crippen LogP contribution in [0, 0.1) is 0 Å². The molecule has 17 heavy (non-hydrogen) atoms. The lowest BCUT2D eigenvalue weighted by Crippen LogP contribution is -2.08. The van der Waals surface area contributed by atoms with E-state index in [4.69, 9.17) is 15.0 Å². The molecule has 2 rings (SSSR count). The first-order valence-electron chi connectivity index (χ1n) is 5.67. The lowest BCUT2D eigenvalue weighted by Gasteiger charge is -2.10. The average molecular weight is 232 g/mol. The van der Waals surface area contributed by atoms with Crippen LogP contribution >= 0.6 is 0 Å². The van der Waals surface area contributed by atoms with E-state index in [1.807, 2.05) is 24.3 Å². The minimum absolute atomic E-state index is 0.0957. The van der Waals surface area contributed by atoms with Gasteiger partial charge in [-0.1, -0.05) is 24.2 Å². The number of nitrogens with zero attached hydrogens (tertiary/aromatic N) is 1. The van der Waals surface area contributed by atoms with Crippen LogP contribution in [0.5, 0.6) is 5.75 Å². The van der Waals surface area contributed by atoms with Crippen LogP contribution in [0.3, 0.4) is 0 Å². The van der Waals surface area contributed by atoms with Crippen molar-refractivity contribution in [2.75, 3.05) is 0 Å². The minimum Gasteiger partial charge on any atom is -0.486 e. The normalized spacial score (nSPS) is 12.4. The monoisotopic (exact) mass is 232 g/mol. The molecule has 0 aliphatic heterocycles. The van der Waals surface area contributed by atoms with Gasteiger partial charge < -0.3 is 15.0 Å². The van der Waals surface area contributed by atoms with E-state index in [-0.39, 0.29) is 6.04 Å². The molecule has 0 bridgehead atoms. The molecule has 0 unspecified atom stereocenters. The Morgan fingerprint density at radius 1 is 1.29 bits per heavy atom. The van der Waals surface area contributed by atoms with Crippen LogP contribution in [0.4, 0.5) is 0 Å². The highest BCUT2D eigenvalue weighted by Gasteiger charge is 2.03. The minimum atomic E-state index is 0.0957. The topological polar surface area (TPSA) is 61.3 Å². The van der Waals surface area contributed by atoms with E-state index in [1.165, 1.54) is 0 Å². The van der Waals surface area contributed by atoms with Gasteiger partial charge in [-0.2, -0.15) is 0 Å². The molecule has 2 aromatic rings. The molecule has 1 aromatic heterocycles. The van der Waals surface area contributed by atoms with Gasteiger partial charge >= 0.3 is 0 Å². The number of aromatic nitrogens is 1. The van der Waals surface area contributed by atoms with Crippen LogP contribution in [0.25, 0.3) is 0 Å². The molecule has 0 aliphatic carbocycles. The number of rotatable bonds is 5. The molecule has 1 atom stereocenters. The van der Waals surface area contributed by atoms with Crippen LogP contribution in [-0.4, -0.2) is 5.16 Å². The van der Waals surface area contributed by atoms with E-state index in [1.54, 1.807) is 12.3 Å². The van der Waals surface area contributed by atoms with E-state index in [0.717, 1.165) is 17.7 Å². The van der Waals surface area contributed by atoms with Gasteiger partial charge in [0.15, 0.2) is 5.76 Å². The smallest absolute Gasteiger partial charge is 0.174 e. The Kier molecular flexibility index (Phi) is 3.77. The standard InChI is InChI=1S/C13H16N2O2/c1-2-13(14)10-3-5-11(6-4-10)16-9-12-7-8-15-17-12/h3-8,13H,2,9,14H2,1H3/t13-/m1/s1. The van der Waals surface area contributed by atoms with Crippen molar-refractivity contribution in [1.82, 2.24) is 5.16 Å². The molecule has 0 saturated carbocycles. The van der Waals surface area contributed by atoms with Gasteiger partial charge in [0.2, 0.25) is 0 Å². The largest absolute Gasteiger partial charge is 0.486 e. The Morgan fingerprint density at radius 3 is 2.65 bits per heavy atom. The molecule has 0 aliphatic rings. The molecule has 2 N–H and O–H groups in total. The summed E-state index contributed by atoms with van der Waals surface area (Å²) in [5, 5.41) is 3.61. The first-order chi connectivity index (χ1) is 8.29. The maximum atomic E-state index is 5.93. The third-order valence-electron chi connectivity index (χ3n) is 2.62. The van der Waals surface area contributed by atoms with Gasteiger partial charge in [0.25, 0.3) is 0 Å². The number of nitrogens with two attached hydrogens (primary N) is 1. The van der Waals surface area contributed by atoms with Gasteiger partial charge in [-0.25, -0.2) is 0 Å². The molecule has 4 nitrogen and oxygen atoms in total. The molecular formula is C13H16N2O2. The average Bonchev–Trinajstić information content (AvgIpc) is 2.89. The van der Waals surface area contributed by atoms with Crippen LogP contribution in [0.1, 0.15) is 30.7 Å². The fourth-order valence-electron chi connectivity index (χ4n) is 1.52. The van der Waals surface area contributed by atoms with Crippen molar-refractivity contribution in [3.63, 3.8) is 0 Å². The van der Waals surface area contributed by atoms with E-state index in [2.05, 4.69) is 12.1 Å². The second-order valence-corrected chi connectivity index (χ2v) is 3.85. The summed E-state index contributed by atoms with van der Waals surface area (Å²) in [5.74, 6) is 1.51. The number of hydrogen-bond acceptors (Lipinski definition) is 4. The SMILES string of the molecule is CC[C@@H](N)c1ccc(OCc2ccno2)cc1. The first-order valence-corrected chi connectivity index (χ1v) is 5.67. The summed E-state index contributed by atoms with van der Waals surface area (Å²) in [6.45, 7) is 2.46. The third-order valence-corrected chi connectivity index (χ3v) is 2.62. The Morgan fingerprint density at radius 2 is 2.06 bits per heavy atom. The fourth-order valence-corrected chi connectivity index (χ4v) is 1.52. The van der Waals surface area contributed by atoms with Crippen molar-refractivity contribution >= 4 is 0 Å². The second-order valence-electron chi connectivity index (χ2n) is 3.85. The van der Waals surface area contributed by atoms with Crippen molar-refractivity contribution in [3.05, 3.63) is 47.9 Å². The van der Waals surface area contributed by atoms with E-state index < -0.39 is 0 Å². The molecule has 0 saturated heterocycles. The molecule has 0 spiro atoms. The van der Waals surface area contributed by atoms with E-state index >= 15 is 0 Å². The van der Waals surface area contributed by atoms with Gasteiger partial charge in [-0.3, -0.25) is 0 Å². The zero-order chi connectivity index (χ0) is 12.1. The van der Waals surface area contributed by atoms with Crippen molar-refractivity contribution in [3.8, 4) is 5.75 Å². The third kappa shape index (κ3) is 3.07. The quantitative estimate of drug-likeness (QED) is 0.860. The summed E-state index contributed by atoms with van der Waals surface area (Å²) in [6.07, 6.45) is 2.53. The highest BCUT2D eigenvalue weighted by atomic mass is 16.5. The Labute approximate surface area is 100 Å². The Bertz CT molecular complexity index is 437. The summed E-state index contributed by atoms with van der Waals surface area (Å²) < 4.78 is 10.5. The zero-order valence-electron chi connectivity index (χ0n) is 9.80. The fraction of sp³-hybridized carbons (Fsp3) is 0.308. The van der Waals surface area contributed by atoms with Crippen LogP contribution in [0.2, 0.25) is 0 Å². The molecule has 90 valence electrons. The summed E-state index contributed by atoms with van der Waals surface area (Å²) in [7, 11) is 0. The number of ether oxygens (including phenoxy) is 1. The maximum Gasteiger partial charge on any atom is 0.174 e. The van der Waals surface area contributed by atoms with Crippen molar-refractivity contribution < 1.29 is 9.26 Å². The lowest BCUT2D eigenvalue weighted by atomic mass is 10.1. The number of benzene rings is 1. The van der Waals surface area contributed by atoms with Crippen LogP contribution < -0.4 is 10.5 Å². The zero-order valence-corrected chi connectivity index (χ0v) is 9.80. The van der Waals surface area contributed by atoms with Gasteiger partial charge in [-0.15, -0.1) is 0 Å². The molecule has 4 heteroatoms. The molecule has 0 amide bonds. The summed E-state index contributed by atoms with van der Waals surface area (Å²) in [6, 6.07) is 9.69. The molecule has 0 fully saturated rings. The Hall–Kier alpha value is -1.81. The summed E-state index contributed by atoms with van der Waals surface area (Å²) >= 11 is 0. The first kappa shape index (κ1) is 11.7. The lowest BCUT2D eigenvalue weighted by molar-refractivity contribution is 0.249. The van der Waals surface area contributed by atoms with Crippen molar-refractivity contribution in [1.29, 1.82) is 0 Å². The van der Waals surface area contributed by atoms with Gasteiger partial charge in [0.1, 0.15) is 12.4 Å². The maximum absolute atomic E-state index is 5.93. The summed E-state index contributed by atoms with van der Waals surface area (Å²) in [4.78, 5) is 0. The van der Waals surface area contributed by atoms with Crippen molar-refractivity contribution in [2.45, 2.75) is 26.0 Å². The van der Waals surface area contributed by atoms with Crippen molar-refractivity contribution in [2.24, 2.45) is 5.73 Å². The van der Waals surface area contributed by atoms with Crippen LogP contribution in [-0.2, 0) is 6.61 Å². The molecule has 0 radical (unpaired) electrons. The second kappa shape index (κ2) is 5.50. The predicted molar refractivity (Wildman–Crippen MR) is 64.5 cm³/mol. The van der Waals surface area contributed by atoms with Gasteiger partial charge in [0, 0.05) is 12.1 Å². The highest BCUT2D eigenvalue weighted by molar-refractivity contribution is 5.29. The van der Waals surface area contributed by atoms with Gasteiger partial charge in [0.05, 0.1) is 6.20 Å². The van der Waals surface area contributed by atoms with E-state index in [0.29, 0.717) is 12.4 Å². The van der Waals surface area contributed by atoms with E-state index in [9.17, 15) is 0 Å². The molecule has 1 aromatic carbocycles. The van der Waals surface area contributed by atoms with Gasteiger partial charge in [-0.05, 0) is 24.1 Å². The molecular weight excluding hydrogens is 216 g/mol. The Balaban J connectivity index is 1.94.